The fraction of sp³-hybridized carbons (Fsp3) is 0.278. The molecule has 3 aromatic rings. The van der Waals surface area contributed by atoms with E-state index in [0.29, 0.717) is 0 Å². The predicted octanol–water partition coefficient (Wildman–Crippen LogP) is 5.71. The van der Waals surface area contributed by atoms with Crippen molar-refractivity contribution in [2.24, 2.45) is 0 Å². The predicted molar refractivity (Wildman–Crippen MR) is 97.4 cm³/mol. The van der Waals surface area contributed by atoms with E-state index in [1.54, 1.807) is 0 Å². The molecule has 0 bridgehead atoms. The van der Waals surface area contributed by atoms with Crippen LogP contribution in [0.15, 0.2) is 39.5 Å². The number of pyridine rings is 1. The quantitative estimate of drug-likeness (QED) is 0.493. The maximum Gasteiger partial charge on any atom is 0.152 e. The zero-order valence-electron chi connectivity index (χ0n) is 12.4. The number of imidazole rings is 1. The fourth-order valence-corrected chi connectivity index (χ4v) is 4.37. The fourth-order valence-electron chi connectivity index (χ4n) is 3.18. The van der Waals surface area contributed by atoms with Crippen molar-refractivity contribution in [3.63, 3.8) is 0 Å². The van der Waals surface area contributed by atoms with Gasteiger partial charge in [-0.05, 0) is 87.2 Å². The van der Waals surface area contributed by atoms with E-state index < -0.39 is 0 Å². The van der Waals surface area contributed by atoms with Gasteiger partial charge in [-0.1, -0.05) is 12.1 Å². The Morgan fingerprint density at radius 1 is 1.05 bits per heavy atom. The van der Waals surface area contributed by atoms with E-state index in [2.05, 4.69) is 73.8 Å². The van der Waals surface area contributed by atoms with Gasteiger partial charge < -0.3 is 4.40 Å². The van der Waals surface area contributed by atoms with Crippen LogP contribution in [0.1, 0.15) is 29.5 Å². The third-order valence-electron chi connectivity index (χ3n) is 4.51. The van der Waals surface area contributed by atoms with E-state index in [-0.39, 0.29) is 0 Å². The van der Waals surface area contributed by atoms with Crippen molar-refractivity contribution in [1.29, 1.82) is 0 Å². The summed E-state index contributed by atoms with van der Waals surface area (Å²) >= 11 is 7.27. The van der Waals surface area contributed by atoms with Crippen molar-refractivity contribution in [3.05, 3.63) is 56.2 Å². The molecule has 0 amide bonds. The van der Waals surface area contributed by atoms with E-state index in [1.165, 1.54) is 47.9 Å². The first-order valence-electron chi connectivity index (χ1n) is 7.59. The van der Waals surface area contributed by atoms with Gasteiger partial charge in [0, 0.05) is 22.4 Å². The minimum Gasteiger partial charge on any atom is -0.304 e. The maximum atomic E-state index is 4.83. The van der Waals surface area contributed by atoms with Gasteiger partial charge in [0.25, 0.3) is 0 Å². The van der Waals surface area contributed by atoms with Crippen LogP contribution in [-0.2, 0) is 12.8 Å². The molecule has 0 saturated heterocycles. The Kier molecular flexibility index (Phi) is 3.61. The van der Waals surface area contributed by atoms with Crippen LogP contribution in [0.3, 0.4) is 0 Å². The molecule has 4 rings (SSSR count). The molecule has 0 aliphatic heterocycles. The average molecular weight is 420 g/mol. The molecule has 0 N–H and O–H groups in total. The van der Waals surface area contributed by atoms with Crippen molar-refractivity contribution in [2.75, 3.05) is 0 Å². The smallest absolute Gasteiger partial charge is 0.152 e. The monoisotopic (exact) mass is 418 g/mol. The Balaban J connectivity index is 1.86. The van der Waals surface area contributed by atoms with E-state index in [9.17, 15) is 0 Å². The highest BCUT2D eigenvalue weighted by atomic mass is 79.9. The van der Waals surface area contributed by atoms with Crippen LogP contribution >= 0.6 is 31.9 Å². The SMILES string of the molecule is Cc1c(Br)cn2cc(-c3ccc4c(c3)CCCC4)nc2c1Br. The number of aromatic nitrogens is 2. The zero-order chi connectivity index (χ0) is 15.3. The molecule has 0 fully saturated rings. The van der Waals surface area contributed by atoms with Crippen LogP contribution in [0.4, 0.5) is 0 Å². The maximum absolute atomic E-state index is 4.83. The normalized spacial score (nSPS) is 14.3. The second-order valence-electron chi connectivity index (χ2n) is 5.96. The first kappa shape index (κ1) is 14.5. The van der Waals surface area contributed by atoms with Crippen molar-refractivity contribution in [1.82, 2.24) is 9.38 Å². The molecule has 1 aliphatic rings. The highest BCUT2D eigenvalue weighted by molar-refractivity contribution is 9.11. The molecular weight excluding hydrogens is 404 g/mol. The van der Waals surface area contributed by atoms with Crippen LogP contribution in [0, 0.1) is 6.92 Å². The number of rotatable bonds is 1. The number of fused-ring (bicyclic) bond motifs is 2. The molecule has 2 nitrogen and oxygen atoms in total. The van der Waals surface area contributed by atoms with Gasteiger partial charge in [-0.2, -0.15) is 0 Å². The van der Waals surface area contributed by atoms with Gasteiger partial charge in [0.05, 0.1) is 10.2 Å². The number of nitrogens with zero attached hydrogens (tertiary/aromatic N) is 2. The molecule has 2 heterocycles. The molecule has 1 aliphatic carbocycles. The first-order chi connectivity index (χ1) is 10.6. The molecule has 1 aromatic carbocycles. The van der Waals surface area contributed by atoms with E-state index in [4.69, 9.17) is 4.98 Å². The zero-order valence-corrected chi connectivity index (χ0v) is 15.5. The summed E-state index contributed by atoms with van der Waals surface area (Å²) in [7, 11) is 0. The number of aryl methyl sites for hydroxylation is 2. The summed E-state index contributed by atoms with van der Waals surface area (Å²) in [6, 6.07) is 6.82. The lowest BCUT2D eigenvalue weighted by molar-refractivity contribution is 0.686. The minimum absolute atomic E-state index is 0.966. The lowest BCUT2D eigenvalue weighted by atomic mass is 9.90. The van der Waals surface area contributed by atoms with Crippen molar-refractivity contribution >= 4 is 37.5 Å². The second-order valence-corrected chi connectivity index (χ2v) is 7.61. The summed E-state index contributed by atoms with van der Waals surface area (Å²) in [4.78, 5) is 4.83. The third kappa shape index (κ3) is 2.33. The molecule has 2 aromatic heterocycles. The summed E-state index contributed by atoms with van der Waals surface area (Å²) in [5.74, 6) is 0. The summed E-state index contributed by atoms with van der Waals surface area (Å²) < 4.78 is 4.21. The third-order valence-corrected chi connectivity index (χ3v) is 6.26. The number of hydrogen-bond donors (Lipinski definition) is 0. The summed E-state index contributed by atoms with van der Waals surface area (Å²) in [6.45, 7) is 2.08. The largest absolute Gasteiger partial charge is 0.304 e. The summed E-state index contributed by atoms with van der Waals surface area (Å²) in [6.07, 6.45) is 9.23. The van der Waals surface area contributed by atoms with Crippen LogP contribution in [0.5, 0.6) is 0 Å². The van der Waals surface area contributed by atoms with Crippen molar-refractivity contribution < 1.29 is 0 Å². The molecular formula is C18H16Br2N2. The highest BCUT2D eigenvalue weighted by Gasteiger charge is 2.14. The van der Waals surface area contributed by atoms with Gasteiger partial charge in [0.15, 0.2) is 5.65 Å². The van der Waals surface area contributed by atoms with Gasteiger partial charge >= 0.3 is 0 Å². The molecule has 0 spiro atoms. The van der Waals surface area contributed by atoms with Gasteiger partial charge in [0.2, 0.25) is 0 Å². The molecule has 112 valence electrons. The highest BCUT2D eigenvalue weighted by Crippen LogP contribution is 2.32. The molecule has 0 radical (unpaired) electrons. The average Bonchev–Trinajstić information content (AvgIpc) is 2.96. The topological polar surface area (TPSA) is 17.3 Å². The Morgan fingerprint density at radius 2 is 1.82 bits per heavy atom. The van der Waals surface area contributed by atoms with Crippen molar-refractivity contribution in [2.45, 2.75) is 32.6 Å². The van der Waals surface area contributed by atoms with Crippen LogP contribution in [-0.4, -0.2) is 9.38 Å². The van der Waals surface area contributed by atoms with Crippen LogP contribution in [0.25, 0.3) is 16.9 Å². The number of hydrogen-bond acceptors (Lipinski definition) is 1. The molecule has 0 atom stereocenters. The van der Waals surface area contributed by atoms with Gasteiger partial charge in [-0.15, -0.1) is 0 Å². The molecule has 22 heavy (non-hydrogen) atoms. The van der Waals surface area contributed by atoms with E-state index in [0.717, 1.165) is 20.3 Å². The molecule has 0 saturated carbocycles. The number of halogens is 2. The van der Waals surface area contributed by atoms with Gasteiger partial charge in [-0.25, -0.2) is 4.98 Å². The summed E-state index contributed by atoms with van der Waals surface area (Å²) in [5.41, 5.74) is 7.40. The minimum atomic E-state index is 0.966. The second kappa shape index (κ2) is 5.50. The van der Waals surface area contributed by atoms with E-state index >= 15 is 0 Å². The Morgan fingerprint density at radius 3 is 2.64 bits per heavy atom. The Bertz CT molecular complexity index is 880. The van der Waals surface area contributed by atoms with Gasteiger partial charge in [0.1, 0.15) is 0 Å². The van der Waals surface area contributed by atoms with Crippen LogP contribution in [0.2, 0.25) is 0 Å². The Hall–Kier alpha value is -1.13. The van der Waals surface area contributed by atoms with Crippen LogP contribution < -0.4 is 0 Å². The standard InChI is InChI=1S/C18H16Br2N2/c1-11-15(19)9-22-10-16(21-18(22)17(11)20)14-7-6-12-4-2-3-5-13(12)8-14/h6-10H,2-5H2,1H3. The Labute approximate surface area is 146 Å². The van der Waals surface area contributed by atoms with Gasteiger partial charge in [-0.3, -0.25) is 0 Å². The summed E-state index contributed by atoms with van der Waals surface area (Å²) in [5, 5.41) is 0. The molecule has 4 heteroatoms. The first-order valence-corrected chi connectivity index (χ1v) is 9.17. The van der Waals surface area contributed by atoms with E-state index in [1.807, 2.05) is 0 Å². The molecule has 0 unspecified atom stereocenters. The number of benzene rings is 1. The lowest BCUT2D eigenvalue weighted by Crippen LogP contribution is -2.02. The lowest BCUT2D eigenvalue weighted by Gasteiger charge is -2.15. The van der Waals surface area contributed by atoms with Crippen molar-refractivity contribution in [3.8, 4) is 11.3 Å².